The molecule has 4 nitrogen and oxygen atoms in total. The predicted molar refractivity (Wildman–Crippen MR) is 260 cm³/mol. The van der Waals surface area contributed by atoms with Crippen molar-refractivity contribution in [2.45, 2.75) is 0 Å². The van der Waals surface area contributed by atoms with E-state index in [9.17, 15) is 0 Å². The fourth-order valence-electron chi connectivity index (χ4n) is 8.80. The van der Waals surface area contributed by atoms with Gasteiger partial charge in [-0.25, -0.2) is 15.0 Å². The molecule has 0 aliphatic heterocycles. The molecule has 294 valence electrons. The van der Waals surface area contributed by atoms with E-state index in [1.54, 1.807) is 18.2 Å². The molecule has 0 fully saturated rings. The number of rotatable bonds is 7. The number of aromatic nitrogens is 3. The van der Waals surface area contributed by atoms with Gasteiger partial charge in [-0.1, -0.05) is 194 Å². The van der Waals surface area contributed by atoms with Crippen molar-refractivity contribution in [3.05, 3.63) is 224 Å². The highest BCUT2D eigenvalue weighted by Gasteiger charge is 2.25. The molecule has 0 atom stereocenters. The van der Waals surface area contributed by atoms with E-state index in [0.29, 0.717) is 28.6 Å². The molecule has 0 aliphatic carbocycles. The molecule has 12 rings (SSSR count). The molecule has 2 aromatic heterocycles. The molecule has 0 aliphatic rings. The van der Waals surface area contributed by atoms with Gasteiger partial charge in [-0.3, -0.25) is 0 Å². The van der Waals surface area contributed by atoms with E-state index in [1.165, 1.54) is 0 Å². The third kappa shape index (κ3) is 6.53. The van der Waals surface area contributed by atoms with Crippen LogP contribution in [0.2, 0.25) is 0 Å². The first-order chi connectivity index (χ1) is 33.3. The third-order valence-electron chi connectivity index (χ3n) is 11.8. The van der Waals surface area contributed by atoms with E-state index < -0.39 is 18.1 Å². The van der Waals surface area contributed by atoms with Gasteiger partial charge in [0.15, 0.2) is 17.5 Å². The molecule has 0 saturated heterocycles. The maximum absolute atomic E-state index is 8.80. The molecule has 0 radical (unpaired) electrons. The summed E-state index contributed by atoms with van der Waals surface area (Å²) in [5.41, 5.74) is 10.4. The van der Waals surface area contributed by atoms with Crippen LogP contribution in [-0.2, 0) is 0 Å². The summed E-state index contributed by atoms with van der Waals surface area (Å²) in [5, 5.41) is 5.99. The summed E-state index contributed by atoms with van der Waals surface area (Å²) in [6, 6.07) is 63.6. The normalized spacial score (nSPS) is 12.6. The Morgan fingerprint density at radius 3 is 1.52 bits per heavy atom. The molecule has 63 heavy (non-hydrogen) atoms. The van der Waals surface area contributed by atoms with Crippen LogP contribution in [-0.4, -0.2) is 15.0 Å². The Labute approximate surface area is 371 Å². The summed E-state index contributed by atoms with van der Waals surface area (Å²) in [6.07, 6.45) is 0. The lowest BCUT2D eigenvalue weighted by atomic mass is 9.89. The van der Waals surface area contributed by atoms with E-state index in [0.717, 1.165) is 88.0 Å². The van der Waals surface area contributed by atoms with Gasteiger partial charge in [-0.15, -0.1) is 0 Å². The largest absolute Gasteiger partial charge is 0.455 e. The van der Waals surface area contributed by atoms with E-state index >= 15 is 0 Å². The third-order valence-corrected chi connectivity index (χ3v) is 11.8. The van der Waals surface area contributed by atoms with E-state index in [-0.39, 0.29) is 17.6 Å². The van der Waals surface area contributed by atoms with Crippen LogP contribution in [0.3, 0.4) is 0 Å². The SMILES string of the molecule is [2H]c1c([2H])c([2H])c(-c2cccc(-c3nc(-c4cccc(-c5ccc6ccc(-c7ccccc7)cc6c5)c4)nc(-c4c(-c5ccccc5)c5ccccc5c5oc6ccccc6c45)n3)c2)c([2H])c1[2H]. The van der Waals surface area contributed by atoms with Crippen molar-refractivity contribution in [3.63, 3.8) is 0 Å². The molecular weight excluding hydrogens is 767 g/mol. The molecular formula is C59H37N3O. The molecule has 0 bridgehead atoms. The highest BCUT2D eigenvalue weighted by Crippen LogP contribution is 2.47. The average molecular weight is 809 g/mol. The van der Waals surface area contributed by atoms with Crippen molar-refractivity contribution in [3.8, 4) is 78.7 Å². The minimum Gasteiger partial charge on any atom is -0.455 e. The monoisotopic (exact) mass is 808 g/mol. The Morgan fingerprint density at radius 1 is 0.333 bits per heavy atom. The van der Waals surface area contributed by atoms with Crippen LogP contribution in [0.1, 0.15) is 6.85 Å². The van der Waals surface area contributed by atoms with Crippen LogP contribution in [0.25, 0.3) is 122 Å². The number of fused-ring (bicyclic) bond motifs is 6. The van der Waals surface area contributed by atoms with Crippen molar-refractivity contribution in [1.29, 1.82) is 0 Å². The van der Waals surface area contributed by atoms with Crippen molar-refractivity contribution in [2.24, 2.45) is 0 Å². The minimum absolute atomic E-state index is 0.0961. The zero-order chi connectivity index (χ0) is 46.0. The Bertz CT molecular complexity index is 3960. The van der Waals surface area contributed by atoms with Gasteiger partial charge >= 0.3 is 0 Å². The summed E-state index contributed by atoms with van der Waals surface area (Å²) >= 11 is 0. The average Bonchev–Trinajstić information content (AvgIpc) is 3.79. The van der Waals surface area contributed by atoms with Gasteiger partial charge < -0.3 is 4.42 Å². The second kappa shape index (κ2) is 15.2. The van der Waals surface area contributed by atoms with Gasteiger partial charge in [0.1, 0.15) is 11.2 Å². The molecule has 0 unspecified atom stereocenters. The molecule has 0 saturated carbocycles. The fourth-order valence-corrected chi connectivity index (χ4v) is 8.80. The van der Waals surface area contributed by atoms with Gasteiger partial charge in [-0.2, -0.15) is 0 Å². The van der Waals surface area contributed by atoms with Crippen LogP contribution in [0.4, 0.5) is 0 Å². The molecule has 0 N–H and O–H groups in total. The Morgan fingerprint density at radius 2 is 0.841 bits per heavy atom. The summed E-state index contributed by atoms with van der Waals surface area (Å²) in [5.74, 6) is 1.20. The smallest absolute Gasteiger partial charge is 0.165 e. The van der Waals surface area contributed by atoms with Crippen LogP contribution in [0, 0.1) is 0 Å². The zero-order valence-corrected chi connectivity index (χ0v) is 33.7. The van der Waals surface area contributed by atoms with Gasteiger partial charge in [0.25, 0.3) is 0 Å². The number of benzene rings is 10. The fraction of sp³-hybridized carbons (Fsp3) is 0. The summed E-state index contributed by atoms with van der Waals surface area (Å²) in [7, 11) is 0. The molecule has 0 spiro atoms. The van der Waals surface area contributed by atoms with E-state index in [1.807, 2.05) is 72.8 Å². The van der Waals surface area contributed by atoms with Crippen molar-refractivity contribution < 1.29 is 11.3 Å². The molecule has 12 aromatic rings. The van der Waals surface area contributed by atoms with Crippen LogP contribution in [0.5, 0.6) is 0 Å². The van der Waals surface area contributed by atoms with Crippen molar-refractivity contribution in [1.82, 2.24) is 15.0 Å². The van der Waals surface area contributed by atoms with Crippen LogP contribution in [0.15, 0.2) is 229 Å². The number of hydrogen-bond donors (Lipinski definition) is 0. The van der Waals surface area contributed by atoms with Gasteiger partial charge in [0.2, 0.25) is 0 Å². The van der Waals surface area contributed by atoms with Crippen molar-refractivity contribution in [2.75, 3.05) is 0 Å². The topological polar surface area (TPSA) is 51.8 Å². The number of furan rings is 1. The second-order valence-electron chi connectivity index (χ2n) is 15.6. The van der Waals surface area contributed by atoms with Crippen LogP contribution < -0.4 is 0 Å². The highest BCUT2D eigenvalue weighted by atomic mass is 16.3. The number of nitrogens with zero attached hydrogens (tertiary/aromatic N) is 3. The quantitative estimate of drug-likeness (QED) is 0.161. The minimum atomic E-state index is -0.447. The van der Waals surface area contributed by atoms with E-state index in [4.69, 9.17) is 26.2 Å². The Kier molecular flexibility index (Phi) is 7.59. The summed E-state index contributed by atoms with van der Waals surface area (Å²) < 4.78 is 49.4. The first-order valence-corrected chi connectivity index (χ1v) is 20.8. The van der Waals surface area contributed by atoms with E-state index in [2.05, 4.69) is 103 Å². The number of para-hydroxylation sites is 1. The first-order valence-electron chi connectivity index (χ1n) is 23.3. The number of hydrogen-bond acceptors (Lipinski definition) is 4. The molecule has 2 heterocycles. The Hall–Kier alpha value is -8.47. The van der Waals surface area contributed by atoms with Gasteiger partial charge in [0, 0.05) is 38.4 Å². The molecule has 10 aromatic carbocycles. The predicted octanol–water partition coefficient (Wildman–Crippen LogP) is 15.7. The van der Waals surface area contributed by atoms with Gasteiger partial charge in [-0.05, 0) is 85.4 Å². The Balaban J connectivity index is 1.11. The molecule has 0 amide bonds. The zero-order valence-electron chi connectivity index (χ0n) is 38.7. The lowest BCUT2D eigenvalue weighted by Crippen LogP contribution is -2.02. The standard InChI is InChI=1S/C59H37N3O/c1-4-16-38(17-5-1)42-22-14-24-46(34-42)57-60-58(47-25-15-23-43(35-47)45-33-31-40-30-32-44(36-48(40)37-45)39-18-6-2-7-19-39)62-59(61-57)55-53(41-20-8-3-9-21-41)49-26-10-11-27-50(49)56-54(55)51-28-12-13-29-52(51)63-56/h1-37H/i1D,4D,5D,16D,17D. The van der Waals surface area contributed by atoms with Gasteiger partial charge in [0.05, 0.1) is 6.85 Å². The van der Waals surface area contributed by atoms with Crippen molar-refractivity contribution >= 4 is 43.5 Å². The summed E-state index contributed by atoms with van der Waals surface area (Å²) in [6.45, 7) is 0. The lowest BCUT2D eigenvalue weighted by molar-refractivity contribution is 0.672. The second-order valence-corrected chi connectivity index (χ2v) is 15.6. The maximum Gasteiger partial charge on any atom is 0.165 e. The van der Waals surface area contributed by atoms with Crippen LogP contribution >= 0.6 is 0 Å². The lowest BCUT2D eigenvalue weighted by Gasteiger charge is -2.16. The maximum atomic E-state index is 8.80. The molecule has 4 heteroatoms. The first kappa shape index (κ1) is 31.4. The highest BCUT2D eigenvalue weighted by molar-refractivity contribution is 6.26. The summed E-state index contributed by atoms with van der Waals surface area (Å²) in [4.78, 5) is 16.0.